The summed E-state index contributed by atoms with van der Waals surface area (Å²) in [7, 11) is -4.63. The molecule has 0 aliphatic heterocycles. The fourth-order valence-electron chi connectivity index (χ4n) is 0.504. The fourth-order valence-corrected chi connectivity index (χ4v) is 1.10. The number of amides is 1. The molecule has 0 aliphatic rings. The summed E-state index contributed by atoms with van der Waals surface area (Å²) < 4.78 is 10.1. The van der Waals surface area contributed by atoms with Crippen molar-refractivity contribution in [3.05, 3.63) is 5.21 Å². The molecule has 1 atom stereocenters. The maximum atomic E-state index is 10.4. The molecule has 3 N–H and O–H groups in total. The predicted octanol–water partition coefficient (Wildman–Crippen LogP) is -2.77. The van der Waals surface area contributed by atoms with Crippen LogP contribution in [0.25, 0.3) is 0 Å². The van der Waals surface area contributed by atoms with Gasteiger partial charge in [-0.3, -0.25) is 4.79 Å². The quantitative estimate of drug-likeness (QED) is 0.367. The molecular formula is C4H8N2O5P-3. The van der Waals surface area contributed by atoms with Gasteiger partial charge in [0.2, 0.25) is 5.91 Å². The van der Waals surface area contributed by atoms with Crippen molar-refractivity contribution in [2.24, 2.45) is 5.73 Å². The van der Waals surface area contributed by atoms with Crippen molar-refractivity contribution in [3.63, 3.8) is 0 Å². The number of carbonyl (C=O) groups is 1. The Labute approximate surface area is 68.7 Å². The Morgan fingerprint density at radius 2 is 2.08 bits per heavy atom. The van der Waals surface area contributed by atoms with E-state index in [0.29, 0.717) is 0 Å². The van der Waals surface area contributed by atoms with Crippen LogP contribution in [-0.2, 0) is 9.36 Å². The zero-order valence-corrected chi connectivity index (χ0v) is 6.95. The van der Waals surface area contributed by atoms with E-state index < -0.39 is 25.7 Å². The highest BCUT2D eigenvalue weighted by molar-refractivity contribution is 7.48. The molecule has 0 heterocycles. The summed E-state index contributed by atoms with van der Waals surface area (Å²) in [6.07, 6.45) is -1.06. The molecule has 8 heteroatoms. The van der Waals surface area contributed by atoms with Crippen LogP contribution in [0.2, 0.25) is 0 Å². The lowest BCUT2D eigenvalue weighted by Gasteiger charge is -2.30. The molecule has 72 valence electrons. The van der Waals surface area contributed by atoms with Gasteiger partial charge in [-0.2, -0.15) is 0 Å². The minimum atomic E-state index is -4.63. The number of hydrogen-bond donors (Lipinski definition) is 2. The molecule has 0 radical (unpaired) electrons. The zero-order valence-electron chi connectivity index (χ0n) is 6.06. The summed E-state index contributed by atoms with van der Waals surface area (Å²) in [6.45, 7) is 0. The van der Waals surface area contributed by atoms with Gasteiger partial charge in [0.15, 0.2) is 0 Å². The van der Waals surface area contributed by atoms with Gasteiger partial charge in [0, 0.05) is 0 Å². The van der Waals surface area contributed by atoms with Crippen LogP contribution in [0, 0.1) is 5.21 Å². The molecule has 1 amide bonds. The molecule has 12 heavy (non-hydrogen) atoms. The lowest BCUT2D eigenvalue weighted by Crippen LogP contribution is -2.39. The number of carbonyl (C=O) groups excluding carboxylic acids is 1. The van der Waals surface area contributed by atoms with E-state index in [4.69, 9.17) is 5.73 Å². The standard InChI is InChI=1S/C4H10N2O5P/c5-3(4(7)6-8)1-2-12(9,10)11/h3H,1-2,5H2,(H3-,6,7,8,9,10,11)/q-1/p-2. The van der Waals surface area contributed by atoms with Gasteiger partial charge in [-0.15, -0.1) is 0 Å². The Morgan fingerprint density at radius 1 is 1.58 bits per heavy atom. The molecule has 0 aromatic heterocycles. The third-order valence-corrected chi connectivity index (χ3v) is 1.96. The largest absolute Gasteiger partial charge is 0.811 e. The van der Waals surface area contributed by atoms with Crippen molar-refractivity contribution in [1.82, 2.24) is 5.48 Å². The molecule has 0 aliphatic carbocycles. The summed E-state index contributed by atoms with van der Waals surface area (Å²) in [5, 5.41) is 9.69. The minimum absolute atomic E-state index is 0.335. The van der Waals surface area contributed by atoms with Crippen LogP contribution < -0.4 is 21.0 Å². The SMILES string of the molecule is NC(CCP(=O)([O-])[O-])C(=O)N[O-]. The van der Waals surface area contributed by atoms with Crippen LogP contribution >= 0.6 is 7.60 Å². The van der Waals surface area contributed by atoms with Gasteiger partial charge in [0.25, 0.3) is 0 Å². The number of hydrogen-bond acceptors (Lipinski definition) is 6. The second kappa shape index (κ2) is 4.54. The van der Waals surface area contributed by atoms with Crippen molar-refractivity contribution in [3.8, 4) is 0 Å². The molecule has 0 aromatic rings. The number of hydroxylamine groups is 1. The minimum Gasteiger partial charge on any atom is -0.811 e. The Bertz CT molecular complexity index is 202. The number of nitrogens with two attached hydrogens (primary N) is 1. The second-order valence-electron chi connectivity index (χ2n) is 2.20. The van der Waals surface area contributed by atoms with Gasteiger partial charge < -0.3 is 30.8 Å². The van der Waals surface area contributed by atoms with Crippen molar-refractivity contribution in [2.75, 3.05) is 6.16 Å². The van der Waals surface area contributed by atoms with E-state index in [0.717, 1.165) is 5.48 Å². The normalized spacial score (nSPS) is 14.0. The van der Waals surface area contributed by atoms with Gasteiger partial charge >= 0.3 is 0 Å². The molecule has 0 aromatic carbocycles. The van der Waals surface area contributed by atoms with Crippen molar-refractivity contribution in [1.29, 1.82) is 0 Å². The first-order chi connectivity index (χ1) is 5.37. The molecule has 1 unspecified atom stereocenters. The maximum Gasteiger partial charge on any atom is 0.226 e. The molecular weight excluding hydrogens is 187 g/mol. The molecule has 0 saturated carbocycles. The number of nitrogens with one attached hydrogen (secondary N) is 1. The van der Waals surface area contributed by atoms with Crippen LogP contribution in [0.3, 0.4) is 0 Å². The Hall–Kier alpha value is -0.460. The summed E-state index contributed by atoms with van der Waals surface area (Å²) in [5.41, 5.74) is 6.02. The van der Waals surface area contributed by atoms with Crippen molar-refractivity contribution < 1.29 is 19.1 Å². The van der Waals surface area contributed by atoms with Crippen LogP contribution in [-0.4, -0.2) is 18.1 Å². The molecule has 0 fully saturated rings. The Balaban J connectivity index is 3.79. The lowest BCUT2D eigenvalue weighted by atomic mass is 10.2. The predicted molar refractivity (Wildman–Crippen MR) is 36.6 cm³/mol. The van der Waals surface area contributed by atoms with Gasteiger partial charge in [-0.05, 0) is 12.6 Å². The molecule has 0 rings (SSSR count). The summed E-state index contributed by atoms with van der Waals surface area (Å²) in [5.74, 6) is -1.02. The van der Waals surface area contributed by atoms with E-state index in [2.05, 4.69) is 0 Å². The van der Waals surface area contributed by atoms with E-state index in [1.807, 2.05) is 0 Å². The first-order valence-electron chi connectivity index (χ1n) is 3.05. The first kappa shape index (κ1) is 11.5. The topological polar surface area (TPSA) is 141 Å². The van der Waals surface area contributed by atoms with Crippen molar-refractivity contribution >= 4 is 13.5 Å². The van der Waals surface area contributed by atoms with Gasteiger partial charge in [-0.1, -0.05) is 7.60 Å². The molecule has 0 saturated heterocycles. The van der Waals surface area contributed by atoms with E-state index in [9.17, 15) is 24.4 Å². The first-order valence-corrected chi connectivity index (χ1v) is 4.78. The summed E-state index contributed by atoms with van der Waals surface area (Å²) in [6, 6.07) is -1.24. The monoisotopic (exact) mass is 195 g/mol. The van der Waals surface area contributed by atoms with Crippen LogP contribution in [0.4, 0.5) is 0 Å². The maximum absolute atomic E-state index is 10.4. The summed E-state index contributed by atoms with van der Waals surface area (Å²) in [4.78, 5) is 30.5. The second-order valence-corrected chi connectivity index (χ2v) is 3.87. The molecule has 0 spiro atoms. The smallest absolute Gasteiger partial charge is 0.226 e. The fraction of sp³-hybridized carbons (Fsp3) is 0.750. The average molecular weight is 195 g/mol. The van der Waals surface area contributed by atoms with Crippen LogP contribution in [0.15, 0.2) is 0 Å². The van der Waals surface area contributed by atoms with E-state index >= 15 is 0 Å². The highest BCUT2D eigenvalue weighted by Gasteiger charge is 2.09. The summed E-state index contributed by atoms with van der Waals surface area (Å²) >= 11 is 0. The Morgan fingerprint density at radius 3 is 2.42 bits per heavy atom. The highest BCUT2D eigenvalue weighted by atomic mass is 31.2. The van der Waals surface area contributed by atoms with E-state index in [1.54, 1.807) is 0 Å². The third kappa shape index (κ3) is 5.22. The van der Waals surface area contributed by atoms with Crippen LogP contribution in [0.1, 0.15) is 6.42 Å². The number of rotatable bonds is 4. The molecule has 7 nitrogen and oxygen atoms in total. The van der Waals surface area contributed by atoms with Crippen molar-refractivity contribution in [2.45, 2.75) is 12.5 Å². The average Bonchev–Trinajstić information content (AvgIpc) is 1.97. The zero-order chi connectivity index (χ0) is 9.78. The van der Waals surface area contributed by atoms with E-state index in [-0.39, 0.29) is 6.42 Å². The van der Waals surface area contributed by atoms with E-state index in [1.165, 1.54) is 0 Å². The highest BCUT2D eigenvalue weighted by Crippen LogP contribution is 2.23. The van der Waals surface area contributed by atoms with Gasteiger partial charge in [0.1, 0.15) is 0 Å². The third-order valence-electron chi connectivity index (χ3n) is 1.15. The molecule has 0 bridgehead atoms. The van der Waals surface area contributed by atoms with Gasteiger partial charge in [-0.25, -0.2) is 0 Å². The lowest BCUT2D eigenvalue weighted by molar-refractivity contribution is -0.313. The van der Waals surface area contributed by atoms with Gasteiger partial charge in [0.05, 0.1) is 6.04 Å². The van der Waals surface area contributed by atoms with Crippen LogP contribution in [0.5, 0.6) is 0 Å². The Kier molecular flexibility index (Phi) is 4.36.